The molecule has 19 heteroatoms. The Bertz CT molecular complexity index is 2710. The van der Waals surface area contributed by atoms with Crippen LogP contribution in [0.25, 0.3) is 10.9 Å². The van der Waals surface area contributed by atoms with Crippen molar-refractivity contribution in [3.05, 3.63) is 138 Å². The topological polar surface area (TPSA) is 215 Å². The molecule has 4 aromatic carbocycles. The van der Waals surface area contributed by atoms with Gasteiger partial charge in [0, 0.05) is 38.4 Å². The molecule has 0 bridgehead atoms. The lowest BCUT2D eigenvalue weighted by Crippen LogP contribution is -2.76. The Labute approximate surface area is 346 Å². The number of rotatable bonds is 13. The van der Waals surface area contributed by atoms with E-state index in [0.717, 1.165) is 15.2 Å². The molecule has 1 aromatic heterocycles. The van der Waals surface area contributed by atoms with Crippen molar-refractivity contribution in [3.8, 4) is 5.75 Å². The number of hydrazine groups is 1. The zero-order valence-electron chi connectivity index (χ0n) is 32.7. The summed E-state index contributed by atoms with van der Waals surface area (Å²) in [5.41, 5.74) is 2.53. The van der Waals surface area contributed by atoms with Crippen LogP contribution in [0.4, 0.5) is 4.79 Å². The number of nitrogens with one attached hydrogen (secondary N) is 1. The summed E-state index contributed by atoms with van der Waals surface area (Å²) in [6.07, 6.45) is 0.438. The van der Waals surface area contributed by atoms with E-state index in [-0.39, 0.29) is 66.4 Å². The molecule has 0 aliphatic carbocycles. The van der Waals surface area contributed by atoms with Gasteiger partial charge in [0.1, 0.15) is 23.7 Å². The maximum atomic E-state index is 14.8. The highest BCUT2D eigenvalue weighted by Crippen LogP contribution is 2.33. The van der Waals surface area contributed by atoms with Gasteiger partial charge < -0.3 is 19.3 Å². The molecule has 0 spiro atoms. The van der Waals surface area contributed by atoms with Gasteiger partial charge >= 0.3 is 16.3 Å². The second-order valence-corrected chi connectivity index (χ2v) is 17.4. The number of fused-ring (bicyclic) bond motifs is 2. The van der Waals surface area contributed by atoms with Gasteiger partial charge in [-0.15, -0.1) is 6.58 Å². The van der Waals surface area contributed by atoms with Crippen LogP contribution in [0, 0.1) is 6.92 Å². The second kappa shape index (κ2) is 16.7. The maximum absolute atomic E-state index is 14.8. The van der Waals surface area contributed by atoms with Gasteiger partial charge in [-0.05, 0) is 47.9 Å². The Morgan fingerprint density at radius 2 is 1.63 bits per heavy atom. The van der Waals surface area contributed by atoms with E-state index in [2.05, 4.69) is 17.0 Å². The third-order valence-electron chi connectivity index (χ3n) is 10.2. The summed E-state index contributed by atoms with van der Waals surface area (Å²) < 4.78 is 57.1. The number of Topliss-reactive ketones (excluding diaryl/α,β-unsaturated/α-hetero) is 1. The number of piperazine rings is 1. The largest absolute Gasteiger partial charge is 0.380 e. The number of para-hydroxylation sites is 1. The van der Waals surface area contributed by atoms with E-state index in [1.807, 2.05) is 37.3 Å². The summed E-state index contributed by atoms with van der Waals surface area (Å²) in [4.78, 5) is 58.9. The van der Waals surface area contributed by atoms with Crippen LogP contribution >= 0.6 is 0 Å². The quantitative estimate of drug-likeness (QED) is 0.130. The monoisotopic (exact) mass is 854 g/mol. The van der Waals surface area contributed by atoms with Gasteiger partial charge in [-0.25, -0.2) is 14.8 Å². The standard InChI is InChI=1S/C41H42N8O9S2/c1-4-21-46-26-37(51)47-35(22-29-15-17-32(18-16-29)58-60(42,56)57)40(52)45(25-36(47)48(46)41(53)43-23-30-9-6-5-7-10-30)24-31-11-8-12-34-38(28(3)50)44-49(39(31)34)59(54,55)33-19-13-27(2)14-20-33/h4-20,35-36H,1,21-26H2,2-3H3,(H,43,53)(H2,42,56,57)/t35-,36-/m0/s1. The zero-order valence-corrected chi connectivity index (χ0v) is 34.3. The molecular formula is C41H42N8O9S2. The van der Waals surface area contributed by atoms with Gasteiger partial charge in [0.15, 0.2) is 5.78 Å². The summed E-state index contributed by atoms with van der Waals surface area (Å²) in [6.45, 7) is 6.55. The summed E-state index contributed by atoms with van der Waals surface area (Å²) in [5.74, 6) is -1.49. The van der Waals surface area contributed by atoms with Crippen molar-refractivity contribution >= 4 is 54.9 Å². The molecule has 2 fully saturated rings. The number of aromatic nitrogens is 2. The van der Waals surface area contributed by atoms with Gasteiger partial charge in [-0.2, -0.15) is 31.2 Å². The molecular weight excluding hydrogens is 813 g/mol. The Kier molecular flexibility index (Phi) is 11.6. The van der Waals surface area contributed by atoms with Crippen molar-refractivity contribution in [2.75, 3.05) is 19.6 Å². The van der Waals surface area contributed by atoms with Crippen LogP contribution in [-0.2, 0) is 49.4 Å². The van der Waals surface area contributed by atoms with Crippen molar-refractivity contribution in [2.24, 2.45) is 5.14 Å². The van der Waals surface area contributed by atoms with Gasteiger partial charge in [-0.1, -0.05) is 84.4 Å². The number of aryl methyl sites for hydroxylation is 1. The van der Waals surface area contributed by atoms with Crippen molar-refractivity contribution in [1.29, 1.82) is 0 Å². The normalized spacial score (nSPS) is 17.4. The van der Waals surface area contributed by atoms with Gasteiger partial charge in [-0.3, -0.25) is 14.4 Å². The first kappa shape index (κ1) is 41.7. The van der Waals surface area contributed by atoms with E-state index in [9.17, 15) is 36.0 Å². The predicted molar refractivity (Wildman–Crippen MR) is 220 cm³/mol. The van der Waals surface area contributed by atoms with E-state index in [1.54, 1.807) is 41.4 Å². The van der Waals surface area contributed by atoms with Gasteiger partial charge in [0.05, 0.1) is 23.5 Å². The molecule has 60 heavy (non-hydrogen) atoms. The number of urea groups is 1. The predicted octanol–water partition coefficient (Wildman–Crippen LogP) is 3.10. The highest BCUT2D eigenvalue weighted by Gasteiger charge is 2.51. The first-order valence-corrected chi connectivity index (χ1v) is 21.7. The number of benzene rings is 4. The fraction of sp³-hybridized carbons (Fsp3) is 0.244. The van der Waals surface area contributed by atoms with Crippen LogP contribution in [0.1, 0.15) is 39.7 Å². The van der Waals surface area contributed by atoms with E-state index in [4.69, 9.17) is 9.32 Å². The van der Waals surface area contributed by atoms with E-state index >= 15 is 0 Å². The van der Waals surface area contributed by atoms with E-state index in [1.165, 1.54) is 58.1 Å². The number of nitrogens with zero attached hydrogens (tertiary/aromatic N) is 6. The van der Waals surface area contributed by atoms with Crippen LogP contribution in [0.5, 0.6) is 5.75 Å². The van der Waals surface area contributed by atoms with Crippen LogP contribution in [0.2, 0.25) is 0 Å². The number of nitrogens with two attached hydrogens (primary N) is 1. The summed E-state index contributed by atoms with van der Waals surface area (Å²) in [5, 5.41) is 15.5. The average molecular weight is 855 g/mol. The minimum absolute atomic E-state index is 0.0622. The number of carbonyl (C=O) groups excluding carboxylic acids is 4. The average Bonchev–Trinajstić information content (AvgIpc) is 3.62. The number of hydrogen-bond donors (Lipinski definition) is 2. The van der Waals surface area contributed by atoms with Crippen LogP contribution in [-0.4, -0.2) is 101 Å². The Hall–Kier alpha value is -6.41. The second-order valence-electron chi connectivity index (χ2n) is 14.4. The first-order chi connectivity index (χ1) is 28.5. The number of amides is 4. The zero-order chi connectivity index (χ0) is 42.9. The van der Waals surface area contributed by atoms with Gasteiger partial charge in [0.25, 0.3) is 10.0 Å². The Morgan fingerprint density at radius 3 is 2.28 bits per heavy atom. The molecule has 4 amide bonds. The van der Waals surface area contributed by atoms with Crippen molar-refractivity contribution < 1.29 is 40.2 Å². The van der Waals surface area contributed by atoms with Crippen molar-refractivity contribution in [2.45, 2.75) is 50.5 Å². The molecule has 3 N–H and O–H groups in total. The fourth-order valence-corrected chi connectivity index (χ4v) is 9.22. The highest BCUT2D eigenvalue weighted by atomic mass is 32.2. The molecule has 2 aliphatic rings. The first-order valence-electron chi connectivity index (χ1n) is 18.8. The lowest BCUT2D eigenvalue weighted by atomic mass is 9.98. The van der Waals surface area contributed by atoms with Crippen molar-refractivity contribution in [3.63, 3.8) is 0 Å². The third-order valence-corrected chi connectivity index (χ3v) is 12.2. The molecule has 2 atom stereocenters. The third kappa shape index (κ3) is 8.51. The summed E-state index contributed by atoms with van der Waals surface area (Å²) in [7, 11) is -8.68. The lowest BCUT2D eigenvalue weighted by molar-refractivity contribution is -0.189. The van der Waals surface area contributed by atoms with E-state index in [0.29, 0.717) is 11.1 Å². The highest BCUT2D eigenvalue weighted by molar-refractivity contribution is 7.90. The molecule has 312 valence electrons. The maximum Gasteiger partial charge on any atom is 0.380 e. The number of hydrogen-bond acceptors (Lipinski definition) is 11. The molecule has 2 saturated heterocycles. The lowest BCUT2D eigenvalue weighted by Gasteiger charge is -2.55. The fourth-order valence-electron chi connectivity index (χ4n) is 7.52. The Morgan fingerprint density at radius 1 is 0.933 bits per heavy atom. The summed E-state index contributed by atoms with van der Waals surface area (Å²) >= 11 is 0. The molecule has 7 rings (SSSR count). The molecule has 0 unspecified atom stereocenters. The number of ketones is 1. The summed E-state index contributed by atoms with van der Waals surface area (Å²) in [6, 6.07) is 24.3. The molecule has 0 saturated carbocycles. The van der Waals surface area contributed by atoms with Crippen LogP contribution < -0.4 is 14.6 Å². The minimum Gasteiger partial charge on any atom is -0.371 e. The molecule has 17 nitrogen and oxygen atoms in total. The molecule has 2 aliphatic heterocycles. The van der Waals surface area contributed by atoms with Crippen molar-refractivity contribution in [1.82, 2.24) is 34.3 Å². The SMILES string of the molecule is C=CCN1CC(=O)N2[C@@H](Cc3ccc(OS(N)(=O)=O)cc3)C(=O)N(Cc3cccc4c(C(C)=O)nn(S(=O)(=O)c5ccc(C)cc5)c34)C[C@@H]2N1C(=O)NCc1ccccc1. The van der Waals surface area contributed by atoms with E-state index < -0.39 is 56.2 Å². The smallest absolute Gasteiger partial charge is 0.371 e. The number of carbonyl (C=O) groups is 4. The van der Waals surface area contributed by atoms with Crippen LogP contribution in [0.15, 0.2) is 115 Å². The van der Waals surface area contributed by atoms with Gasteiger partial charge in [0.2, 0.25) is 11.8 Å². The Balaban J connectivity index is 1.32. The van der Waals surface area contributed by atoms with Crippen LogP contribution in [0.3, 0.4) is 0 Å². The molecule has 3 heterocycles. The minimum atomic E-state index is -4.36. The molecule has 5 aromatic rings. The molecule has 0 radical (unpaired) electrons.